The van der Waals surface area contributed by atoms with E-state index in [-0.39, 0.29) is 18.8 Å². The zero-order valence-electron chi connectivity index (χ0n) is 27.7. The lowest BCUT2D eigenvalue weighted by atomic mass is 9.86. The lowest BCUT2D eigenvalue weighted by Crippen LogP contribution is -2.50. The highest BCUT2D eigenvalue weighted by Gasteiger charge is 2.37. The first-order chi connectivity index (χ1) is 24.0. The van der Waals surface area contributed by atoms with Gasteiger partial charge in [-0.25, -0.2) is 19.9 Å². The van der Waals surface area contributed by atoms with Crippen molar-refractivity contribution in [2.75, 3.05) is 31.6 Å². The van der Waals surface area contributed by atoms with Crippen molar-refractivity contribution < 1.29 is 14.2 Å². The van der Waals surface area contributed by atoms with E-state index in [1.54, 1.807) is 36.9 Å². The van der Waals surface area contributed by atoms with E-state index in [4.69, 9.17) is 36.3 Å². The highest BCUT2D eigenvalue weighted by Crippen LogP contribution is 2.38. The number of halogens is 1. The first kappa shape index (κ1) is 33.2. The van der Waals surface area contributed by atoms with Gasteiger partial charge in [-0.1, -0.05) is 17.7 Å². The summed E-state index contributed by atoms with van der Waals surface area (Å²) in [6, 6.07) is 8.79. The fraction of sp³-hybridized carbons (Fsp3) is 0.486. The number of hydrogen-bond acceptors (Lipinski definition) is 11. The lowest BCUT2D eigenvalue weighted by Gasteiger charge is -2.43. The van der Waals surface area contributed by atoms with Crippen LogP contribution >= 0.6 is 11.6 Å². The molecule has 2 bridgehead atoms. The zero-order chi connectivity index (χ0) is 33.6. The number of hydrogen-bond donors (Lipinski definition) is 3. The number of nitrogens with zero attached hydrogens (tertiary/aromatic N) is 7. The molecule has 3 saturated heterocycles. The first-order valence-corrected chi connectivity index (χ1v) is 17.5. The Balaban J connectivity index is 1.04. The molecular weight excluding hydrogens is 644 g/mol. The third-order valence-corrected chi connectivity index (χ3v) is 9.99. The van der Waals surface area contributed by atoms with Crippen molar-refractivity contribution in [1.29, 1.82) is 5.41 Å². The molecule has 1 unspecified atom stereocenters. The van der Waals surface area contributed by atoms with Crippen molar-refractivity contribution in [3.63, 3.8) is 0 Å². The number of fused-ring (bicyclic) bond motifs is 4. The molecule has 3 atom stereocenters. The average molecular weight is 687 g/mol. The van der Waals surface area contributed by atoms with Gasteiger partial charge >= 0.3 is 0 Å². The van der Waals surface area contributed by atoms with E-state index in [9.17, 15) is 0 Å². The number of anilines is 2. The molecule has 3 N–H and O–H groups in total. The smallest absolute Gasteiger partial charge is 0.257 e. The molecule has 1 aliphatic carbocycles. The van der Waals surface area contributed by atoms with E-state index < -0.39 is 0 Å². The molecule has 14 heteroatoms. The van der Waals surface area contributed by atoms with Gasteiger partial charge in [0.2, 0.25) is 5.95 Å². The van der Waals surface area contributed by atoms with E-state index in [2.05, 4.69) is 35.5 Å². The molecule has 3 aromatic heterocycles. The normalized spacial score (nSPS) is 23.0. The van der Waals surface area contributed by atoms with Gasteiger partial charge < -0.3 is 24.8 Å². The largest absolute Gasteiger partial charge is 0.487 e. The summed E-state index contributed by atoms with van der Waals surface area (Å²) in [5.74, 6) is 2.68. The molecule has 0 spiro atoms. The summed E-state index contributed by atoms with van der Waals surface area (Å²) in [6.45, 7) is 5.55. The van der Waals surface area contributed by atoms with Crippen LogP contribution < -0.4 is 20.1 Å². The SMILES string of the molecule is C[C@@H](CNC=N)Oc1cc(-c2cnc(Nc3cn([C@H]4CC[C@H](N5CC6CC[C@@H]5COC6)CC4)nc3OCc3ncccn3)nc2)ccc1Cl. The molecule has 258 valence electrons. The summed E-state index contributed by atoms with van der Waals surface area (Å²) in [5.41, 5.74) is 2.36. The molecule has 8 rings (SSSR count). The maximum Gasteiger partial charge on any atom is 0.257 e. The fourth-order valence-corrected chi connectivity index (χ4v) is 7.29. The minimum Gasteiger partial charge on any atom is -0.487 e. The Bertz CT molecular complexity index is 1680. The second-order valence-corrected chi connectivity index (χ2v) is 13.5. The first-order valence-electron chi connectivity index (χ1n) is 17.1. The predicted octanol–water partition coefficient (Wildman–Crippen LogP) is 5.66. The monoisotopic (exact) mass is 686 g/mol. The fourth-order valence-electron chi connectivity index (χ4n) is 7.13. The summed E-state index contributed by atoms with van der Waals surface area (Å²) in [6.07, 6.45) is 16.8. The third-order valence-electron chi connectivity index (χ3n) is 9.67. The van der Waals surface area contributed by atoms with Crippen LogP contribution in [-0.4, -0.2) is 85.4 Å². The summed E-state index contributed by atoms with van der Waals surface area (Å²) >= 11 is 6.41. The maximum atomic E-state index is 7.17. The highest BCUT2D eigenvalue weighted by atomic mass is 35.5. The minimum absolute atomic E-state index is 0.178. The molecule has 3 aliphatic heterocycles. The van der Waals surface area contributed by atoms with Crippen molar-refractivity contribution in [1.82, 2.24) is 39.9 Å². The quantitative estimate of drug-likeness (QED) is 0.118. The van der Waals surface area contributed by atoms with E-state index in [1.807, 2.05) is 29.9 Å². The van der Waals surface area contributed by atoms with Gasteiger partial charge in [0.05, 0.1) is 43.4 Å². The Kier molecular flexibility index (Phi) is 10.5. The molecule has 1 aromatic carbocycles. The number of aromatic nitrogens is 6. The van der Waals surface area contributed by atoms with Gasteiger partial charge in [0.25, 0.3) is 5.88 Å². The summed E-state index contributed by atoms with van der Waals surface area (Å²) in [4.78, 5) is 20.6. The molecule has 4 aromatic rings. The van der Waals surface area contributed by atoms with Gasteiger partial charge in [0, 0.05) is 49.0 Å². The molecule has 49 heavy (non-hydrogen) atoms. The maximum absolute atomic E-state index is 7.17. The average Bonchev–Trinajstić information content (AvgIpc) is 3.26. The van der Waals surface area contributed by atoms with Crippen LogP contribution in [0.2, 0.25) is 5.02 Å². The van der Waals surface area contributed by atoms with Crippen LogP contribution in [0.15, 0.2) is 55.2 Å². The second-order valence-electron chi connectivity index (χ2n) is 13.1. The molecular formula is C35H43ClN10O3. The third kappa shape index (κ3) is 8.11. The standard InChI is InChI=1S/C35H43ClN10O3/c1-23(14-38-22-37)49-32-13-25(4-10-30(32)36)26-15-41-35(42-16-26)43-31-18-46(44-34(31)48-21-33-39-11-2-12-40-33)28-8-6-27(7-9-28)45-17-24-3-5-29(45)20-47-19-24/h2,4,10-13,15-16,18,22-24,27-29H,3,5-9,14,17,19-21H2,1H3,(H2,37,38)(H,41,42,43)/t23-,24?,27-,28-,29+/m0/s1. The van der Waals surface area contributed by atoms with Crippen LogP contribution in [0.4, 0.5) is 11.6 Å². The topological polar surface area (TPSA) is 148 Å². The van der Waals surface area contributed by atoms with Crippen LogP contribution in [-0.2, 0) is 11.3 Å². The van der Waals surface area contributed by atoms with Crippen molar-refractivity contribution in [2.45, 2.75) is 76.3 Å². The van der Waals surface area contributed by atoms with E-state index >= 15 is 0 Å². The van der Waals surface area contributed by atoms with Crippen molar-refractivity contribution in [2.24, 2.45) is 5.92 Å². The van der Waals surface area contributed by atoms with Gasteiger partial charge in [0.15, 0.2) is 5.82 Å². The zero-order valence-corrected chi connectivity index (χ0v) is 28.4. The Morgan fingerprint density at radius 1 is 1.00 bits per heavy atom. The van der Waals surface area contributed by atoms with Crippen LogP contribution in [0.1, 0.15) is 57.3 Å². The van der Waals surface area contributed by atoms with Gasteiger partial charge in [-0.15, -0.1) is 5.10 Å². The van der Waals surface area contributed by atoms with Crippen molar-refractivity contribution in [3.8, 4) is 22.8 Å². The number of ether oxygens (including phenoxy) is 3. The van der Waals surface area contributed by atoms with Crippen molar-refractivity contribution >= 4 is 29.6 Å². The number of piperidine rings is 1. The number of benzene rings is 1. The molecule has 1 saturated carbocycles. The lowest BCUT2D eigenvalue weighted by molar-refractivity contribution is 0.0459. The second kappa shape index (κ2) is 15.5. The molecule has 4 aliphatic rings. The Morgan fingerprint density at radius 3 is 2.57 bits per heavy atom. The van der Waals surface area contributed by atoms with Crippen LogP contribution in [0.25, 0.3) is 11.1 Å². The van der Waals surface area contributed by atoms with Gasteiger partial charge in [0.1, 0.15) is 24.1 Å². The summed E-state index contributed by atoms with van der Waals surface area (Å²) in [5, 5.41) is 18.8. The summed E-state index contributed by atoms with van der Waals surface area (Å²) in [7, 11) is 0. The van der Waals surface area contributed by atoms with Crippen molar-refractivity contribution in [3.05, 3.63) is 66.1 Å². The number of rotatable bonds is 13. The Labute approximate surface area is 291 Å². The molecule has 0 radical (unpaired) electrons. The molecule has 6 heterocycles. The van der Waals surface area contributed by atoms with Crippen LogP contribution in [0, 0.1) is 11.3 Å². The molecule has 4 fully saturated rings. The van der Waals surface area contributed by atoms with Gasteiger partial charge in [-0.3, -0.25) is 15.0 Å². The minimum atomic E-state index is -0.178. The highest BCUT2D eigenvalue weighted by molar-refractivity contribution is 6.32. The number of nitrogens with one attached hydrogen (secondary N) is 3. The van der Waals surface area contributed by atoms with Crippen LogP contribution in [0.5, 0.6) is 11.6 Å². The summed E-state index contributed by atoms with van der Waals surface area (Å²) < 4.78 is 20.2. The Morgan fingerprint density at radius 2 is 1.78 bits per heavy atom. The Hall–Kier alpha value is -4.33. The van der Waals surface area contributed by atoms with E-state index in [0.717, 1.165) is 56.4 Å². The van der Waals surface area contributed by atoms with Gasteiger partial charge in [-0.05, 0) is 75.1 Å². The van der Waals surface area contributed by atoms with Crippen LogP contribution in [0.3, 0.4) is 0 Å². The van der Waals surface area contributed by atoms with E-state index in [1.165, 1.54) is 19.4 Å². The molecule has 13 nitrogen and oxygen atoms in total. The van der Waals surface area contributed by atoms with E-state index in [0.29, 0.717) is 58.7 Å². The van der Waals surface area contributed by atoms with Gasteiger partial charge in [-0.2, -0.15) is 0 Å². The predicted molar refractivity (Wildman–Crippen MR) is 187 cm³/mol. The molecule has 0 amide bonds.